The number of hydrogen-bond donors (Lipinski definition) is 1. The van der Waals surface area contributed by atoms with Crippen LogP contribution in [0.5, 0.6) is 5.75 Å². The Kier molecular flexibility index (Phi) is 3.94. The van der Waals surface area contributed by atoms with Gasteiger partial charge in [0.25, 0.3) is 0 Å². The van der Waals surface area contributed by atoms with Gasteiger partial charge in [-0.25, -0.2) is 4.79 Å². The van der Waals surface area contributed by atoms with E-state index in [-0.39, 0.29) is 5.76 Å². The Morgan fingerprint density at radius 2 is 2.00 bits per heavy atom. The van der Waals surface area contributed by atoms with Crippen LogP contribution in [0.1, 0.15) is 16.3 Å². The fourth-order valence-corrected chi connectivity index (χ4v) is 2.19. The highest BCUT2D eigenvalue weighted by molar-refractivity contribution is 7.98. The Balaban J connectivity index is 1.95. The summed E-state index contributed by atoms with van der Waals surface area (Å²) in [5.41, 5.74) is 0. The molecule has 0 bridgehead atoms. The molecule has 0 spiro atoms. The summed E-state index contributed by atoms with van der Waals surface area (Å²) < 4.78 is 10.2. The SMILES string of the molecule is COc1ccc(SCc2ccc(C(=O)O)o2)cc1. The van der Waals surface area contributed by atoms with E-state index in [0.29, 0.717) is 11.5 Å². The van der Waals surface area contributed by atoms with E-state index >= 15 is 0 Å². The first-order valence-electron chi connectivity index (χ1n) is 5.28. The molecule has 1 N–H and O–H groups in total. The van der Waals surface area contributed by atoms with Crippen LogP contribution in [0.15, 0.2) is 45.7 Å². The molecule has 0 aliphatic rings. The van der Waals surface area contributed by atoms with Crippen LogP contribution < -0.4 is 4.74 Å². The molecule has 0 radical (unpaired) electrons. The number of furan rings is 1. The van der Waals surface area contributed by atoms with E-state index in [1.54, 1.807) is 24.9 Å². The van der Waals surface area contributed by atoms with Crippen molar-refractivity contribution >= 4 is 17.7 Å². The number of rotatable bonds is 5. The molecule has 0 saturated heterocycles. The van der Waals surface area contributed by atoms with E-state index in [1.807, 2.05) is 24.3 Å². The first kappa shape index (κ1) is 12.6. The maximum absolute atomic E-state index is 10.6. The summed E-state index contributed by atoms with van der Waals surface area (Å²) in [5, 5.41) is 8.73. The standard InChI is InChI=1S/C13H12O4S/c1-16-9-2-5-11(6-3-9)18-8-10-4-7-12(17-10)13(14)15/h2-7H,8H2,1H3,(H,14,15). The van der Waals surface area contributed by atoms with E-state index in [0.717, 1.165) is 10.6 Å². The Morgan fingerprint density at radius 3 is 2.56 bits per heavy atom. The van der Waals surface area contributed by atoms with Gasteiger partial charge < -0.3 is 14.3 Å². The third kappa shape index (κ3) is 3.07. The Hall–Kier alpha value is -1.88. The van der Waals surface area contributed by atoms with Crippen LogP contribution in [0.3, 0.4) is 0 Å². The summed E-state index contributed by atoms with van der Waals surface area (Å²) in [6.45, 7) is 0. The summed E-state index contributed by atoms with van der Waals surface area (Å²) in [4.78, 5) is 11.7. The molecule has 1 heterocycles. The van der Waals surface area contributed by atoms with Gasteiger partial charge in [-0.05, 0) is 36.4 Å². The molecule has 0 unspecified atom stereocenters. The molecule has 94 valence electrons. The highest BCUT2D eigenvalue weighted by Crippen LogP contribution is 2.25. The number of carbonyl (C=O) groups is 1. The van der Waals surface area contributed by atoms with Crippen LogP contribution in [0, 0.1) is 0 Å². The third-order valence-electron chi connectivity index (χ3n) is 2.31. The Morgan fingerprint density at radius 1 is 1.28 bits per heavy atom. The van der Waals surface area contributed by atoms with Crippen molar-refractivity contribution in [2.45, 2.75) is 10.6 Å². The van der Waals surface area contributed by atoms with Crippen molar-refractivity contribution in [2.75, 3.05) is 7.11 Å². The van der Waals surface area contributed by atoms with Gasteiger partial charge in [0, 0.05) is 4.90 Å². The molecular formula is C13H12O4S. The van der Waals surface area contributed by atoms with Crippen molar-refractivity contribution < 1.29 is 19.1 Å². The molecule has 4 nitrogen and oxygen atoms in total. The lowest BCUT2D eigenvalue weighted by molar-refractivity contribution is 0.0661. The number of thioether (sulfide) groups is 1. The average molecular weight is 264 g/mol. The van der Waals surface area contributed by atoms with Crippen molar-refractivity contribution in [3.63, 3.8) is 0 Å². The highest BCUT2D eigenvalue weighted by Gasteiger charge is 2.08. The lowest BCUT2D eigenvalue weighted by atomic mass is 10.3. The van der Waals surface area contributed by atoms with Gasteiger partial charge in [0.05, 0.1) is 12.9 Å². The Bertz CT molecular complexity index is 530. The Labute approximate surface area is 109 Å². The van der Waals surface area contributed by atoms with Crippen LogP contribution in [-0.2, 0) is 5.75 Å². The van der Waals surface area contributed by atoms with E-state index in [1.165, 1.54) is 6.07 Å². The fourth-order valence-electron chi connectivity index (χ4n) is 1.40. The molecule has 0 aliphatic carbocycles. The van der Waals surface area contributed by atoms with Crippen molar-refractivity contribution in [3.8, 4) is 5.75 Å². The fraction of sp³-hybridized carbons (Fsp3) is 0.154. The molecule has 0 atom stereocenters. The van der Waals surface area contributed by atoms with E-state index in [2.05, 4.69) is 0 Å². The normalized spacial score (nSPS) is 10.3. The summed E-state index contributed by atoms with van der Waals surface area (Å²) in [7, 11) is 1.62. The second-order valence-corrected chi connectivity index (χ2v) is 4.58. The molecule has 2 aromatic rings. The van der Waals surface area contributed by atoms with Crippen LogP contribution in [-0.4, -0.2) is 18.2 Å². The van der Waals surface area contributed by atoms with Crippen LogP contribution >= 0.6 is 11.8 Å². The number of methoxy groups -OCH3 is 1. The second-order valence-electron chi connectivity index (χ2n) is 3.54. The molecule has 0 fully saturated rings. The van der Waals surface area contributed by atoms with Gasteiger partial charge in [-0.1, -0.05) is 0 Å². The van der Waals surface area contributed by atoms with Crippen molar-refractivity contribution in [2.24, 2.45) is 0 Å². The van der Waals surface area contributed by atoms with E-state index < -0.39 is 5.97 Å². The van der Waals surface area contributed by atoms with E-state index in [9.17, 15) is 4.79 Å². The van der Waals surface area contributed by atoms with Gasteiger partial charge in [0.15, 0.2) is 0 Å². The average Bonchev–Trinajstić information content (AvgIpc) is 2.86. The van der Waals surface area contributed by atoms with Gasteiger partial charge >= 0.3 is 5.97 Å². The maximum Gasteiger partial charge on any atom is 0.371 e. The number of carboxylic acids is 1. The zero-order valence-electron chi connectivity index (χ0n) is 9.75. The largest absolute Gasteiger partial charge is 0.497 e. The smallest absolute Gasteiger partial charge is 0.371 e. The first-order valence-corrected chi connectivity index (χ1v) is 6.26. The maximum atomic E-state index is 10.6. The predicted molar refractivity (Wildman–Crippen MR) is 68.2 cm³/mol. The van der Waals surface area contributed by atoms with Crippen LogP contribution in [0.25, 0.3) is 0 Å². The summed E-state index contributed by atoms with van der Waals surface area (Å²) in [5.74, 6) is 0.981. The zero-order valence-corrected chi connectivity index (χ0v) is 10.6. The minimum absolute atomic E-state index is 0.0275. The number of ether oxygens (including phenoxy) is 1. The van der Waals surface area contributed by atoms with Crippen molar-refractivity contribution in [3.05, 3.63) is 47.9 Å². The number of benzene rings is 1. The monoisotopic (exact) mass is 264 g/mol. The molecule has 18 heavy (non-hydrogen) atoms. The highest BCUT2D eigenvalue weighted by atomic mass is 32.2. The quantitative estimate of drug-likeness (QED) is 0.840. The minimum Gasteiger partial charge on any atom is -0.497 e. The van der Waals surface area contributed by atoms with Gasteiger partial charge in [0.2, 0.25) is 5.76 Å². The summed E-state index contributed by atoms with van der Waals surface area (Å²) >= 11 is 1.58. The minimum atomic E-state index is -1.05. The number of hydrogen-bond acceptors (Lipinski definition) is 4. The van der Waals surface area contributed by atoms with Crippen molar-refractivity contribution in [1.82, 2.24) is 0 Å². The molecular weight excluding hydrogens is 252 g/mol. The van der Waals surface area contributed by atoms with Gasteiger partial charge in [-0.2, -0.15) is 0 Å². The summed E-state index contributed by atoms with van der Waals surface area (Å²) in [6, 6.07) is 10.8. The van der Waals surface area contributed by atoms with Crippen LogP contribution in [0.2, 0.25) is 0 Å². The molecule has 0 amide bonds. The number of carboxylic acid groups (broad SMARTS) is 1. The van der Waals surface area contributed by atoms with Gasteiger partial charge in [-0.3, -0.25) is 0 Å². The topological polar surface area (TPSA) is 59.7 Å². The second kappa shape index (κ2) is 5.64. The van der Waals surface area contributed by atoms with Crippen LogP contribution in [0.4, 0.5) is 0 Å². The zero-order chi connectivity index (χ0) is 13.0. The third-order valence-corrected chi connectivity index (χ3v) is 3.35. The molecule has 2 rings (SSSR count). The van der Waals surface area contributed by atoms with Crippen molar-refractivity contribution in [1.29, 1.82) is 0 Å². The summed E-state index contributed by atoms with van der Waals surface area (Å²) in [6.07, 6.45) is 0. The molecule has 5 heteroatoms. The van der Waals surface area contributed by atoms with E-state index in [4.69, 9.17) is 14.3 Å². The molecule has 0 aliphatic heterocycles. The van der Waals surface area contributed by atoms with Gasteiger partial charge in [-0.15, -0.1) is 11.8 Å². The molecule has 0 saturated carbocycles. The lowest BCUT2D eigenvalue weighted by Gasteiger charge is -2.02. The molecule has 1 aromatic heterocycles. The molecule has 1 aromatic carbocycles. The number of aromatic carboxylic acids is 1. The lowest BCUT2D eigenvalue weighted by Crippen LogP contribution is -1.91. The van der Waals surface area contributed by atoms with Gasteiger partial charge in [0.1, 0.15) is 11.5 Å². The predicted octanol–water partition coefficient (Wildman–Crippen LogP) is 3.28. The first-order chi connectivity index (χ1) is 8.69.